The van der Waals surface area contributed by atoms with Crippen LogP contribution < -0.4 is 0 Å². The maximum absolute atomic E-state index is 10.5. The summed E-state index contributed by atoms with van der Waals surface area (Å²) in [6, 6.07) is 0. The van der Waals surface area contributed by atoms with Crippen LogP contribution in [-0.4, -0.2) is 24.6 Å². The maximum atomic E-state index is 10.5. The first-order valence-electron chi connectivity index (χ1n) is 6.49. The van der Waals surface area contributed by atoms with Crippen LogP contribution in [0.5, 0.6) is 0 Å². The van der Waals surface area contributed by atoms with Crippen molar-refractivity contribution in [1.29, 1.82) is 0 Å². The van der Waals surface area contributed by atoms with Crippen LogP contribution in [0.4, 0.5) is 0 Å². The van der Waals surface area contributed by atoms with E-state index in [-0.39, 0.29) is 18.0 Å². The molecule has 0 aromatic carbocycles. The molecule has 0 saturated carbocycles. The smallest absolute Gasteiger partial charge is 0.330 e. The summed E-state index contributed by atoms with van der Waals surface area (Å²) in [6.07, 6.45) is 4.13. The quantitative estimate of drug-likeness (QED) is 0.526. The second-order valence-corrected chi connectivity index (χ2v) is 4.41. The van der Waals surface area contributed by atoms with E-state index in [2.05, 4.69) is 27.0 Å². The molecule has 1 atom stereocenters. The SMILES string of the molecule is C=CC(=O)OC(C)CC.C=CC(=O)OCCC(C)C. The van der Waals surface area contributed by atoms with Gasteiger partial charge >= 0.3 is 11.9 Å². The zero-order valence-corrected chi connectivity index (χ0v) is 12.5. The molecule has 0 rings (SSSR count). The van der Waals surface area contributed by atoms with E-state index in [1.807, 2.05) is 13.8 Å². The summed E-state index contributed by atoms with van der Waals surface area (Å²) < 4.78 is 9.54. The van der Waals surface area contributed by atoms with E-state index in [0.717, 1.165) is 12.8 Å². The number of carbonyl (C=O) groups is 2. The fraction of sp³-hybridized carbons (Fsp3) is 0.600. The number of ether oxygens (including phenoxy) is 2. The van der Waals surface area contributed by atoms with E-state index in [9.17, 15) is 9.59 Å². The van der Waals surface area contributed by atoms with E-state index in [0.29, 0.717) is 12.5 Å². The highest BCUT2D eigenvalue weighted by Crippen LogP contribution is 1.98. The van der Waals surface area contributed by atoms with Crippen LogP contribution in [0.2, 0.25) is 0 Å². The maximum Gasteiger partial charge on any atom is 0.330 e. The highest BCUT2D eigenvalue weighted by Gasteiger charge is 2.01. The number of hydrogen-bond donors (Lipinski definition) is 0. The van der Waals surface area contributed by atoms with Crippen molar-refractivity contribution >= 4 is 11.9 Å². The van der Waals surface area contributed by atoms with Crippen molar-refractivity contribution in [3.05, 3.63) is 25.3 Å². The number of carbonyl (C=O) groups excluding carboxylic acids is 2. The van der Waals surface area contributed by atoms with Gasteiger partial charge in [0.25, 0.3) is 0 Å². The normalized spacial score (nSPS) is 10.8. The topological polar surface area (TPSA) is 52.6 Å². The predicted molar refractivity (Wildman–Crippen MR) is 76.7 cm³/mol. The molecule has 0 aliphatic heterocycles. The molecule has 110 valence electrons. The number of esters is 2. The second-order valence-electron chi connectivity index (χ2n) is 4.41. The van der Waals surface area contributed by atoms with Gasteiger partial charge < -0.3 is 9.47 Å². The summed E-state index contributed by atoms with van der Waals surface area (Å²) in [4.78, 5) is 20.9. The van der Waals surface area contributed by atoms with Crippen LogP contribution >= 0.6 is 0 Å². The Balaban J connectivity index is 0. The third-order valence-corrected chi connectivity index (χ3v) is 2.17. The molecule has 1 unspecified atom stereocenters. The minimum absolute atomic E-state index is 0.00972. The summed E-state index contributed by atoms with van der Waals surface area (Å²) in [5.74, 6) is -0.0948. The summed E-state index contributed by atoms with van der Waals surface area (Å²) >= 11 is 0. The highest BCUT2D eigenvalue weighted by molar-refractivity contribution is 5.81. The first kappa shape index (κ1) is 19.8. The Hall–Kier alpha value is -1.58. The molecule has 0 aromatic heterocycles. The van der Waals surface area contributed by atoms with Gasteiger partial charge in [-0.2, -0.15) is 0 Å². The van der Waals surface area contributed by atoms with Gasteiger partial charge in [0.1, 0.15) is 0 Å². The van der Waals surface area contributed by atoms with Crippen molar-refractivity contribution < 1.29 is 19.1 Å². The first-order chi connectivity index (χ1) is 8.87. The number of rotatable bonds is 7. The summed E-state index contributed by atoms with van der Waals surface area (Å²) in [5.41, 5.74) is 0. The van der Waals surface area contributed by atoms with Crippen molar-refractivity contribution in [2.45, 2.75) is 46.6 Å². The minimum atomic E-state index is -0.343. The van der Waals surface area contributed by atoms with Crippen LogP contribution in [0.3, 0.4) is 0 Å². The van der Waals surface area contributed by atoms with Crippen LogP contribution in [0.15, 0.2) is 25.3 Å². The predicted octanol–water partition coefficient (Wildman–Crippen LogP) is 3.28. The lowest BCUT2D eigenvalue weighted by atomic mass is 10.1. The van der Waals surface area contributed by atoms with E-state index >= 15 is 0 Å². The number of hydrogen-bond acceptors (Lipinski definition) is 4. The molecule has 0 aliphatic rings. The lowest BCUT2D eigenvalue weighted by Gasteiger charge is -2.07. The fourth-order valence-electron chi connectivity index (χ4n) is 0.784. The van der Waals surface area contributed by atoms with Crippen molar-refractivity contribution in [3.8, 4) is 0 Å². The summed E-state index contributed by atoms with van der Waals surface area (Å²) in [7, 11) is 0. The molecule has 0 bridgehead atoms. The van der Waals surface area contributed by atoms with E-state index in [4.69, 9.17) is 9.47 Å². The summed E-state index contributed by atoms with van der Waals surface area (Å²) in [5, 5.41) is 0. The average molecular weight is 270 g/mol. The highest BCUT2D eigenvalue weighted by atomic mass is 16.5. The Kier molecular flexibility index (Phi) is 13.4. The lowest BCUT2D eigenvalue weighted by Crippen LogP contribution is -2.10. The molecule has 0 aromatic rings. The molecule has 0 saturated heterocycles. The van der Waals surface area contributed by atoms with E-state index in [1.165, 1.54) is 12.2 Å². The molecule has 0 radical (unpaired) electrons. The monoisotopic (exact) mass is 270 g/mol. The van der Waals surface area contributed by atoms with Gasteiger partial charge in [-0.15, -0.1) is 0 Å². The van der Waals surface area contributed by atoms with E-state index < -0.39 is 0 Å². The molecule has 0 heterocycles. The molecule has 0 spiro atoms. The molecule has 0 amide bonds. The van der Waals surface area contributed by atoms with Gasteiger partial charge in [-0.05, 0) is 25.7 Å². The third kappa shape index (κ3) is 16.4. The molecule has 4 heteroatoms. The van der Waals surface area contributed by atoms with Gasteiger partial charge in [0.2, 0.25) is 0 Å². The Morgan fingerprint density at radius 1 is 1.11 bits per heavy atom. The Bertz CT molecular complexity index is 282. The largest absolute Gasteiger partial charge is 0.463 e. The molecular weight excluding hydrogens is 244 g/mol. The van der Waals surface area contributed by atoms with Crippen molar-refractivity contribution in [2.24, 2.45) is 5.92 Å². The Morgan fingerprint density at radius 3 is 2.00 bits per heavy atom. The lowest BCUT2D eigenvalue weighted by molar-refractivity contribution is -0.142. The zero-order valence-electron chi connectivity index (χ0n) is 12.5. The second kappa shape index (κ2) is 12.9. The van der Waals surface area contributed by atoms with Crippen molar-refractivity contribution in [2.75, 3.05) is 6.61 Å². The van der Waals surface area contributed by atoms with Crippen LogP contribution in [0.1, 0.15) is 40.5 Å². The van der Waals surface area contributed by atoms with Gasteiger partial charge in [0.15, 0.2) is 0 Å². The van der Waals surface area contributed by atoms with Crippen LogP contribution in [0.25, 0.3) is 0 Å². The zero-order chi connectivity index (χ0) is 15.3. The summed E-state index contributed by atoms with van der Waals surface area (Å²) in [6.45, 7) is 15.0. The van der Waals surface area contributed by atoms with Crippen LogP contribution in [0, 0.1) is 5.92 Å². The minimum Gasteiger partial charge on any atom is -0.463 e. The van der Waals surface area contributed by atoms with Gasteiger partial charge in [-0.1, -0.05) is 33.9 Å². The van der Waals surface area contributed by atoms with Gasteiger partial charge in [-0.25, -0.2) is 9.59 Å². The van der Waals surface area contributed by atoms with Crippen molar-refractivity contribution in [3.63, 3.8) is 0 Å². The van der Waals surface area contributed by atoms with E-state index in [1.54, 1.807) is 0 Å². The van der Waals surface area contributed by atoms with Gasteiger partial charge in [0, 0.05) is 12.2 Å². The molecule has 0 N–H and O–H groups in total. The third-order valence-electron chi connectivity index (χ3n) is 2.17. The van der Waals surface area contributed by atoms with Gasteiger partial charge in [0.05, 0.1) is 12.7 Å². The first-order valence-corrected chi connectivity index (χ1v) is 6.49. The van der Waals surface area contributed by atoms with Crippen LogP contribution in [-0.2, 0) is 19.1 Å². The fourth-order valence-corrected chi connectivity index (χ4v) is 0.784. The average Bonchev–Trinajstić information content (AvgIpc) is 2.38. The molecule has 0 fully saturated rings. The molecule has 19 heavy (non-hydrogen) atoms. The standard InChI is InChI=1S/C8H14O2.C7H12O2/c1-4-8(9)10-6-5-7(2)3;1-4-6(3)9-7(8)5-2/h4,7H,1,5-6H2,2-3H3;5-6H,2,4H2,1,3H3. The van der Waals surface area contributed by atoms with Gasteiger partial charge in [-0.3, -0.25) is 0 Å². The Labute approximate surface area is 116 Å². The van der Waals surface area contributed by atoms with Crippen molar-refractivity contribution in [1.82, 2.24) is 0 Å². The Morgan fingerprint density at radius 2 is 1.63 bits per heavy atom. The molecular formula is C15H26O4. The molecule has 0 aliphatic carbocycles. The molecule has 4 nitrogen and oxygen atoms in total.